The van der Waals surface area contributed by atoms with Gasteiger partial charge >= 0.3 is 0 Å². The molecular formula is C23H24N4O5. The van der Waals surface area contributed by atoms with Gasteiger partial charge < -0.3 is 29.0 Å². The first-order chi connectivity index (χ1) is 15.6. The molecule has 0 aliphatic carbocycles. The van der Waals surface area contributed by atoms with E-state index in [1.165, 1.54) is 20.5 Å². The van der Waals surface area contributed by atoms with Crippen LogP contribution in [0.5, 0.6) is 11.5 Å². The molecule has 0 spiro atoms. The van der Waals surface area contributed by atoms with E-state index in [-0.39, 0.29) is 11.8 Å². The van der Waals surface area contributed by atoms with E-state index in [1.807, 2.05) is 6.07 Å². The number of nitrogens with one attached hydrogen (secondary N) is 1. The predicted octanol–water partition coefficient (Wildman–Crippen LogP) is 2.91. The van der Waals surface area contributed by atoms with Gasteiger partial charge in [0.25, 0.3) is 11.8 Å². The van der Waals surface area contributed by atoms with E-state index in [4.69, 9.17) is 13.9 Å². The number of aromatic nitrogens is 1. The molecule has 32 heavy (non-hydrogen) atoms. The number of anilines is 2. The highest BCUT2D eigenvalue weighted by Gasteiger charge is 2.24. The molecule has 1 aromatic carbocycles. The minimum absolute atomic E-state index is 0.102. The molecule has 1 aliphatic heterocycles. The Morgan fingerprint density at radius 1 is 1.00 bits per heavy atom. The Labute approximate surface area is 185 Å². The van der Waals surface area contributed by atoms with Crippen molar-refractivity contribution in [3.8, 4) is 11.5 Å². The molecular weight excluding hydrogens is 412 g/mol. The summed E-state index contributed by atoms with van der Waals surface area (Å²) in [5.41, 5.74) is 0.995. The topological polar surface area (TPSA) is 97.1 Å². The summed E-state index contributed by atoms with van der Waals surface area (Å²) in [4.78, 5) is 33.4. The second-order valence-electron chi connectivity index (χ2n) is 7.22. The summed E-state index contributed by atoms with van der Waals surface area (Å²) in [5.74, 6) is 1.82. The fourth-order valence-corrected chi connectivity index (χ4v) is 3.48. The lowest BCUT2D eigenvalue weighted by Gasteiger charge is -2.35. The highest BCUT2D eigenvalue weighted by atomic mass is 16.5. The molecule has 9 heteroatoms. The quantitative estimate of drug-likeness (QED) is 0.635. The monoisotopic (exact) mass is 436 g/mol. The molecule has 1 aliphatic rings. The number of methoxy groups -OCH3 is 2. The summed E-state index contributed by atoms with van der Waals surface area (Å²) >= 11 is 0. The van der Waals surface area contributed by atoms with Gasteiger partial charge in [0.1, 0.15) is 17.3 Å². The number of hydrogen-bond acceptors (Lipinski definition) is 7. The first-order valence-electron chi connectivity index (χ1n) is 10.2. The maximum absolute atomic E-state index is 12.6. The van der Waals surface area contributed by atoms with Gasteiger partial charge in [-0.25, -0.2) is 4.98 Å². The van der Waals surface area contributed by atoms with Gasteiger partial charge in [-0.1, -0.05) is 0 Å². The zero-order chi connectivity index (χ0) is 22.5. The molecule has 0 atom stereocenters. The molecule has 2 amide bonds. The lowest BCUT2D eigenvalue weighted by Crippen LogP contribution is -2.49. The van der Waals surface area contributed by atoms with Crippen molar-refractivity contribution in [1.82, 2.24) is 9.88 Å². The SMILES string of the molecule is COc1cc(OC)cc(C(=O)Nc2ccc(N3CCN(C(=O)c4ccco4)CC3)nc2)c1. The average molecular weight is 436 g/mol. The zero-order valence-corrected chi connectivity index (χ0v) is 17.9. The van der Waals surface area contributed by atoms with Crippen molar-refractivity contribution in [2.24, 2.45) is 0 Å². The number of amides is 2. The van der Waals surface area contributed by atoms with Crippen LogP contribution in [-0.4, -0.2) is 62.1 Å². The van der Waals surface area contributed by atoms with Crippen LogP contribution in [0.2, 0.25) is 0 Å². The van der Waals surface area contributed by atoms with E-state index in [2.05, 4.69) is 15.2 Å². The van der Waals surface area contributed by atoms with Crippen molar-refractivity contribution in [1.29, 1.82) is 0 Å². The minimum atomic E-state index is -0.290. The molecule has 3 aromatic rings. The van der Waals surface area contributed by atoms with E-state index in [9.17, 15) is 9.59 Å². The highest BCUT2D eigenvalue weighted by Crippen LogP contribution is 2.24. The summed E-state index contributed by atoms with van der Waals surface area (Å²) in [6.45, 7) is 2.48. The number of pyridine rings is 1. The Kier molecular flexibility index (Phi) is 6.25. The van der Waals surface area contributed by atoms with Gasteiger partial charge in [0.05, 0.1) is 32.4 Å². The minimum Gasteiger partial charge on any atom is -0.497 e. The number of rotatable bonds is 6. The van der Waals surface area contributed by atoms with Crippen LogP contribution in [0, 0.1) is 0 Å². The van der Waals surface area contributed by atoms with Crippen molar-refractivity contribution in [2.45, 2.75) is 0 Å². The lowest BCUT2D eigenvalue weighted by atomic mass is 10.2. The second-order valence-corrected chi connectivity index (χ2v) is 7.22. The number of piperazine rings is 1. The van der Waals surface area contributed by atoms with Gasteiger partial charge in [0.2, 0.25) is 0 Å². The van der Waals surface area contributed by atoms with Gasteiger partial charge in [0, 0.05) is 37.8 Å². The molecule has 1 saturated heterocycles. The van der Waals surface area contributed by atoms with E-state index < -0.39 is 0 Å². The summed E-state index contributed by atoms with van der Waals surface area (Å²) in [7, 11) is 3.07. The fraction of sp³-hybridized carbons (Fsp3) is 0.261. The Balaban J connectivity index is 1.36. The number of ether oxygens (including phenoxy) is 2. The van der Waals surface area contributed by atoms with Crippen LogP contribution in [0.1, 0.15) is 20.9 Å². The molecule has 0 saturated carbocycles. The smallest absolute Gasteiger partial charge is 0.289 e. The number of hydrogen-bond donors (Lipinski definition) is 1. The average Bonchev–Trinajstić information content (AvgIpc) is 3.39. The van der Waals surface area contributed by atoms with Gasteiger partial charge in [0.15, 0.2) is 5.76 Å². The van der Waals surface area contributed by atoms with Gasteiger partial charge in [-0.05, 0) is 36.4 Å². The Bertz CT molecular complexity index is 1050. The Morgan fingerprint density at radius 2 is 1.72 bits per heavy atom. The van der Waals surface area contributed by atoms with Crippen molar-refractivity contribution in [3.05, 3.63) is 66.2 Å². The zero-order valence-electron chi connectivity index (χ0n) is 17.9. The predicted molar refractivity (Wildman–Crippen MR) is 119 cm³/mol. The molecule has 0 radical (unpaired) electrons. The maximum Gasteiger partial charge on any atom is 0.289 e. The Morgan fingerprint density at radius 3 is 2.28 bits per heavy atom. The van der Waals surface area contributed by atoms with Crippen molar-refractivity contribution in [2.75, 3.05) is 50.6 Å². The molecule has 166 valence electrons. The van der Waals surface area contributed by atoms with Gasteiger partial charge in [-0.15, -0.1) is 0 Å². The third kappa shape index (κ3) is 4.66. The van der Waals surface area contributed by atoms with Crippen LogP contribution in [0.3, 0.4) is 0 Å². The molecule has 3 heterocycles. The number of carbonyl (C=O) groups is 2. The lowest BCUT2D eigenvalue weighted by molar-refractivity contribution is 0.0714. The van der Waals surface area contributed by atoms with Crippen LogP contribution in [0.4, 0.5) is 11.5 Å². The fourth-order valence-electron chi connectivity index (χ4n) is 3.48. The number of nitrogens with zero attached hydrogens (tertiary/aromatic N) is 3. The standard InChI is InChI=1S/C23H24N4O5/c1-30-18-12-16(13-19(14-18)31-2)22(28)25-17-5-6-21(24-15-17)26-7-9-27(10-8-26)23(29)20-4-3-11-32-20/h3-6,11-15H,7-10H2,1-2H3,(H,25,28). The Hall–Kier alpha value is -4.01. The number of furan rings is 1. The maximum atomic E-state index is 12.6. The number of carbonyl (C=O) groups excluding carboxylic acids is 2. The van der Waals surface area contributed by atoms with E-state index >= 15 is 0 Å². The van der Waals surface area contributed by atoms with Crippen LogP contribution < -0.4 is 19.7 Å². The summed E-state index contributed by atoms with van der Waals surface area (Å²) in [5, 5.41) is 2.83. The van der Waals surface area contributed by atoms with E-state index in [0.717, 1.165) is 5.82 Å². The third-order valence-corrected chi connectivity index (χ3v) is 5.24. The molecule has 9 nitrogen and oxygen atoms in total. The van der Waals surface area contributed by atoms with E-state index in [0.29, 0.717) is 54.7 Å². The number of benzene rings is 1. The molecule has 2 aromatic heterocycles. The summed E-state index contributed by atoms with van der Waals surface area (Å²) in [6.07, 6.45) is 3.11. The normalized spacial score (nSPS) is 13.6. The highest BCUT2D eigenvalue weighted by molar-refractivity contribution is 6.04. The molecule has 0 unspecified atom stereocenters. The van der Waals surface area contributed by atoms with Crippen molar-refractivity contribution < 1.29 is 23.5 Å². The van der Waals surface area contributed by atoms with Crippen molar-refractivity contribution in [3.63, 3.8) is 0 Å². The summed E-state index contributed by atoms with van der Waals surface area (Å²) in [6, 6.07) is 12.0. The molecule has 1 fully saturated rings. The summed E-state index contributed by atoms with van der Waals surface area (Å²) < 4.78 is 15.6. The molecule has 0 bridgehead atoms. The second kappa shape index (κ2) is 9.42. The first kappa shape index (κ1) is 21.2. The molecule has 1 N–H and O–H groups in total. The third-order valence-electron chi connectivity index (χ3n) is 5.24. The van der Waals surface area contributed by atoms with Gasteiger partial charge in [-0.3, -0.25) is 9.59 Å². The van der Waals surface area contributed by atoms with E-state index in [1.54, 1.807) is 47.5 Å². The van der Waals surface area contributed by atoms with Gasteiger partial charge in [-0.2, -0.15) is 0 Å². The largest absolute Gasteiger partial charge is 0.497 e. The van der Waals surface area contributed by atoms with Crippen molar-refractivity contribution >= 4 is 23.3 Å². The first-order valence-corrected chi connectivity index (χ1v) is 10.2. The van der Waals surface area contributed by atoms with Crippen LogP contribution in [0.25, 0.3) is 0 Å². The van der Waals surface area contributed by atoms with Crippen LogP contribution in [-0.2, 0) is 0 Å². The van der Waals surface area contributed by atoms with Crippen LogP contribution in [0.15, 0.2) is 59.3 Å². The van der Waals surface area contributed by atoms with Crippen LogP contribution >= 0.6 is 0 Å². The molecule has 4 rings (SSSR count).